The number of nitrogens with one attached hydrogen (secondary N) is 1. The van der Waals surface area contributed by atoms with Crippen LogP contribution in [0, 0.1) is 0 Å². The van der Waals surface area contributed by atoms with Crippen molar-refractivity contribution in [3.8, 4) is 17.0 Å². The molecule has 0 amide bonds. The van der Waals surface area contributed by atoms with E-state index in [4.69, 9.17) is 22.1 Å². The van der Waals surface area contributed by atoms with Crippen molar-refractivity contribution in [3.63, 3.8) is 0 Å². The van der Waals surface area contributed by atoms with Crippen molar-refractivity contribution in [2.45, 2.75) is 31.8 Å². The van der Waals surface area contributed by atoms with Crippen molar-refractivity contribution in [1.29, 1.82) is 0 Å². The van der Waals surface area contributed by atoms with Crippen molar-refractivity contribution in [2.75, 3.05) is 5.73 Å². The lowest BCUT2D eigenvalue weighted by Crippen LogP contribution is -2.11. The molecule has 1 heterocycles. The summed E-state index contributed by atoms with van der Waals surface area (Å²) in [6, 6.07) is 7.53. The Balaban J connectivity index is 1.81. The Morgan fingerprint density at radius 3 is 2.68 bits per heavy atom. The van der Waals surface area contributed by atoms with E-state index in [1.54, 1.807) is 6.07 Å². The van der Waals surface area contributed by atoms with Crippen LogP contribution in [0.5, 0.6) is 5.75 Å². The average molecular weight is 278 g/mol. The number of nitrogen functional groups attached to an aromatic ring is 1. The monoisotopic (exact) mass is 277 g/mol. The first-order chi connectivity index (χ1) is 9.22. The molecule has 1 aliphatic carbocycles. The number of aromatic amines is 1. The summed E-state index contributed by atoms with van der Waals surface area (Å²) in [5.41, 5.74) is 7.40. The number of ether oxygens (including phenoxy) is 1. The van der Waals surface area contributed by atoms with Gasteiger partial charge in [0.05, 0.1) is 16.8 Å². The standard InChI is InChI=1S/C14H16ClN3O/c15-11-7-9(12-8-14(16)18-17-12)5-6-13(11)19-10-3-1-2-4-10/h5-8,10H,1-4H2,(H3,16,17,18). The summed E-state index contributed by atoms with van der Waals surface area (Å²) in [7, 11) is 0. The van der Waals surface area contributed by atoms with Gasteiger partial charge in [-0.05, 0) is 43.9 Å². The van der Waals surface area contributed by atoms with Crippen LogP contribution in [0.1, 0.15) is 25.7 Å². The minimum Gasteiger partial charge on any atom is -0.489 e. The van der Waals surface area contributed by atoms with Crippen molar-refractivity contribution >= 4 is 17.4 Å². The molecule has 1 saturated carbocycles. The Morgan fingerprint density at radius 2 is 2.05 bits per heavy atom. The number of halogens is 1. The summed E-state index contributed by atoms with van der Waals surface area (Å²) in [5, 5.41) is 7.40. The number of nitrogens with zero attached hydrogens (tertiary/aromatic N) is 1. The minimum atomic E-state index is 0.311. The van der Waals surface area contributed by atoms with Gasteiger partial charge in [-0.1, -0.05) is 11.6 Å². The topological polar surface area (TPSA) is 63.9 Å². The maximum absolute atomic E-state index is 6.27. The highest BCUT2D eigenvalue weighted by Gasteiger charge is 2.18. The Hall–Kier alpha value is -1.68. The van der Waals surface area contributed by atoms with Gasteiger partial charge in [-0.15, -0.1) is 0 Å². The summed E-state index contributed by atoms with van der Waals surface area (Å²) in [5.74, 6) is 1.22. The quantitative estimate of drug-likeness (QED) is 0.900. The highest BCUT2D eigenvalue weighted by atomic mass is 35.5. The maximum Gasteiger partial charge on any atom is 0.145 e. The normalized spacial score (nSPS) is 15.8. The van der Waals surface area contributed by atoms with E-state index in [-0.39, 0.29) is 0 Å². The minimum absolute atomic E-state index is 0.311. The number of hydrogen-bond acceptors (Lipinski definition) is 3. The lowest BCUT2D eigenvalue weighted by Gasteiger charge is -2.14. The third kappa shape index (κ3) is 2.68. The Morgan fingerprint density at radius 1 is 1.26 bits per heavy atom. The zero-order valence-electron chi connectivity index (χ0n) is 10.5. The van der Waals surface area contributed by atoms with E-state index < -0.39 is 0 Å². The SMILES string of the molecule is Nc1cc(-c2ccc(OC3CCCC3)c(Cl)c2)[nH]n1. The molecule has 1 aromatic heterocycles. The van der Waals surface area contributed by atoms with E-state index in [0.717, 1.165) is 29.8 Å². The third-order valence-electron chi connectivity index (χ3n) is 3.44. The van der Waals surface area contributed by atoms with Crippen LogP contribution in [-0.2, 0) is 0 Å². The molecule has 0 radical (unpaired) electrons. The van der Waals surface area contributed by atoms with Gasteiger partial charge in [0.25, 0.3) is 0 Å². The van der Waals surface area contributed by atoms with Gasteiger partial charge in [-0.3, -0.25) is 5.10 Å². The highest BCUT2D eigenvalue weighted by Crippen LogP contribution is 2.33. The van der Waals surface area contributed by atoms with Gasteiger partial charge < -0.3 is 10.5 Å². The molecule has 3 rings (SSSR count). The molecule has 4 nitrogen and oxygen atoms in total. The zero-order chi connectivity index (χ0) is 13.2. The second-order valence-corrected chi connectivity index (χ2v) is 5.28. The first kappa shape index (κ1) is 12.4. The van der Waals surface area contributed by atoms with Gasteiger partial charge in [0, 0.05) is 11.6 Å². The van der Waals surface area contributed by atoms with E-state index in [0.29, 0.717) is 16.9 Å². The molecule has 100 valence electrons. The van der Waals surface area contributed by atoms with Gasteiger partial charge >= 0.3 is 0 Å². The fourth-order valence-corrected chi connectivity index (χ4v) is 2.66. The molecule has 1 fully saturated rings. The van der Waals surface area contributed by atoms with Crippen LogP contribution in [0.25, 0.3) is 11.3 Å². The van der Waals surface area contributed by atoms with Crippen molar-refractivity contribution in [3.05, 3.63) is 29.3 Å². The molecule has 0 unspecified atom stereocenters. The lowest BCUT2D eigenvalue weighted by molar-refractivity contribution is 0.210. The van der Waals surface area contributed by atoms with E-state index in [2.05, 4.69) is 10.2 Å². The number of anilines is 1. The van der Waals surface area contributed by atoms with E-state index in [1.807, 2.05) is 18.2 Å². The third-order valence-corrected chi connectivity index (χ3v) is 3.73. The van der Waals surface area contributed by atoms with Crippen LogP contribution in [0.2, 0.25) is 5.02 Å². The molecule has 2 aromatic rings. The summed E-state index contributed by atoms with van der Waals surface area (Å²) >= 11 is 6.27. The van der Waals surface area contributed by atoms with Crippen LogP contribution in [0.4, 0.5) is 5.82 Å². The molecule has 1 aromatic carbocycles. The molecule has 0 aliphatic heterocycles. The summed E-state index contributed by atoms with van der Waals surface area (Å²) in [6.07, 6.45) is 5.04. The second-order valence-electron chi connectivity index (χ2n) is 4.88. The number of nitrogens with two attached hydrogens (primary N) is 1. The summed E-state index contributed by atoms with van der Waals surface area (Å²) in [4.78, 5) is 0. The lowest BCUT2D eigenvalue weighted by atomic mass is 10.1. The molecule has 1 aliphatic rings. The van der Waals surface area contributed by atoms with Crippen LogP contribution in [0.15, 0.2) is 24.3 Å². The van der Waals surface area contributed by atoms with E-state index in [9.17, 15) is 0 Å². The molecule has 0 bridgehead atoms. The average Bonchev–Trinajstić information content (AvgIpc) is 3.03. The number of benzene rings is 1. The molecular weight excluding hydrogens is 262 g/mol. The second kappa shape index (κ2) is 5.13. The first-order valence-electron chi connectivity index (χ1n) is 6.50. The van der Waals surface area contributed by atoms with Crippen LogP contribution < -0.4 is 10.5 Å². The number of rotatable bonds is 3. The first-order valence-corrected chi connectivity index (χ1v) is 6.87. The molecule has 19 heavy (non-hydrogen) atoms. The van der Waals surface area contributed by atoms with E-state index in [1.165, 1.54) is 12.8 Å². The molecule has 0 spiro atoms. The molecule has 5 heteroatoms. The zero-order valence-corrected chi connectivity index (χ0v) is 11.3. The van der Waals surface area contributed by atoms with Crippen LogP contribution >= 0.6 is 11.6 Å². The van der Waals surface area contributed by atoms with Gasteiger partial charge in [-0.2, -0.15) is 5.10 Å². The number of H-pyrrole nitrogens is 1. The smallest absolute Gasteiger partial charge is 0.145 e. The van der Waals surface area contributed by atoms with Crippen molar-refractivity contribution in [2.24, 2.45) is 0 Å². The molecule has 3 N–H and O–H groups in total. The van der Waals surface area contributed by atoms with E-state index >= 15 is 0 Å². The van der Waals surface area contributed by atoms with Gasteiger partial charge in [-0.25, -0.2) is 0 Å². The Labute approximate surface area is 116 Å². The Bertz CT molecular complexity index is 576. The van der Waals surface area contributed by atoms with Crippen molar-refractivity contribution < 1.29 is 4.74 Å². The van der Waals surface area contributed by atoms with Gasteiger partial charge in [0.2, 0.25) is 0 Å². The Kier molecular flexibility index (Phi) is 3.34. The predicted molar refractivity (Wildman–Crippen MR) is 76.3 cm³/mol. The number of hydrogen-bond donors (Lipinski definition) is 2. The largest absolute Gasteiger partial charge is 0.489 e. The molecule has 0 atom stereocenters. The summed E-state index contributed by atoms with van der Waals surface area (Å²) in [6.45, 7) is 0. The van der Waals surface area contributed by atoms with Crippen LogP contribution in [0.3, 0.4) is 0 Å². The fraction of sp³-hybridized carbons (Fsp3) is 0.357. The van der Waals surface area contributed by atoms with Gasteiger partial charge in [0.15, 0.2) is 0 Å². The predicted octanol–water partition coefficient (Wildman–Crippen LogP) is 3.63. The number of aromatic nitrogens is 2. The van der Waals surface area contributed by atoms with Gasteiger partial charge in [0.1, 0.15) is 11.6 Å². The fourth-order valence-electron chi connectivity index (χ4n) is 2.43. The molecular formula is C14H16ClN3O. The summed E-state index contributed by atoms with van der Waals surface area (Å²) < 4.78 is 5.92. The van der Waals surface area contributed by atoms with Crippen molar-refractivity contribution in [1.82, 2.24) is 10.2 Å². The van der Waals surface area contributed by atoms with Crippen LogP contribution in [-0.4, -0.2) is 16.3 Å². The maximum atomic E-state index is 6.27. The molecule has 0 saturated heterocycles. The highest BCUT2D eigenvalue weighted by molar-refractivity contribution is 6.32.